The minimum Gasteiger partial charge on any atom is -0.312 e. The van der Waals surface area contributed by atoms with Crippen LogP contribution in [-0.2, 0) is 27.7 Å². The van der Waals surface area contributed by atoms with Crippen LogP contribution >= 0.6 is 0 Å². The van der Waals surface area contributed by atoms with E-state index in [1.54, 1.807) is 18.2 Å². The number of benzene rings is 2. The molecule has 28 heavy (non-hydrogen) atoms. The molecule has 0 bridgehead atoms. The summed E-state index contributed by atoms with van der Waals surface area (Å²) in [5, 5.41) is 0. The summed E-state index contributed by atoms with van der Waals surface area (Å²) >= 11 is 0. The zero-order valence-corrected chi connectivity index (χ0v) is 17.1. The highest BCUT2D eigenvalue weighted by Gasteiger charge is 2.37. The maximum Gasteiger partial charge on any atom is 0.241 e. The number of hydrogen-bond acceptors (Lipinski definition) is 3. The van der Waals surface area contributed by atoms with Crippen molar-refractivity contribution < 1.29 is 13.2 Å². The van der Waals surface area contributed by atoms with Gasteiger partial charge in [-0.05, 0) is 68.9 Å². The average Bonchev–Trinajstić information content (AvgIpc) is 3.39. The van der Waals surface area contributed by atoms with Crippen molar-refractivity contribution in [2.75, 3.05) is 11.4 Å². The van der Waals surface area contributed by atoms with Gasteiger partial charge in [0.1, 0.15) is 0 Å². The van der Waals surface area contributed by atoms with Gasteiger partial charge in [-0.1, -0.05) is 30.3 Å². The molecule has 5 nitrogen and oxygen atoms in total. The van der Waals surface area contributed by atoms with Gasteiger partial charge in [-0.25, -0.2) is 13.1 Å². The van der Waals surface area contributed by atoms with Gasteiger partial charge in [0.25, 0.3) is 0 Å². The van der Waals surface area contributed by atoms with Gasteiger partial charge >= 0.3 is 0 Å². The minimum atomic E-state index is -3.65. The number of amides is 1. The summed E-state index contributed by atoms with van der Waals surface area (Å²) in [6.45, 7) is 4.42. The van der Waals surface area contributed by atoms with Gasteiger partial charge in [0.15, 0.2) is 0 Å². The fourth-order valence-corrected chi connectivity index (χ4v) is 5.35. The maximum absolute atomic E-state index is 13.0. The highest BCUT2D eigenvalue weighted by atomic mass is 32.2. The standard InChI is InChI=1S/C22H26N2O3S/c1-22(2,15-16-6-4-3-5-7-16)23-28(26,27)19-10-11-20-18(14-19)12-13-24(20)21(25)17-8-9-17/h3-7,10-11,14,17,23H,8-9,12-13,15H2,1-2H3. The summed E-state index contributed by atoms with van der Waals surface area (Å²) in [6.07, 6.45) is 3.24. The van der Waals surface area contributed by atoms with Crippen LogP contribution in [-0.4, -0.2) is 26.4 Å². The van der Waals surface area contributed by atoms with Crippen LogP contribution in [0.4, 0.5) is 5.69 Å². The molecule has 0 spiro atoms. The SMILES string of the molecule is CC(C)(Cc1ccccc1)NS(=O)(=O)c1ccc2c(c1)CCN2C(=O)C1CC1. The van der Waals surface area contributed by atoms with Gasteiger partial charge in [-0.15, -0.1) is 0 Å². The molecule has 4 rings (SSSR count). The summed E-state index contributed by atoms with van der Waals surface area (Å²) in [4.78, 5) is 14.5. The Hall–Kier alpha value is -2.18. The fourth-order valence-electron chi connectivity index (χ4n) is 3.89. The lowest BCUT2D eigenvalue weighted by molar-refractivity contribution is -0.119. The van der Waals surface area contributed by atoms with Crippen LogP contribution in [0.5, 0.6) is 0 Å². The van der Waals surface area contributed by atoms with Crippen LogP contribution in [0.1, 0.15) is 37.8 Å². The molecule has 2 aliphatic rings. The molecule has 2 aromatic rings. The molecule has 1 fully saturated rings. The molecule has 0 aromatic heterocycles. The monoisotopic (exact) mass is 398 g/mol. The Morgan fingerprint density at radius 1 is 1.14 bits per heavy atom. The molecule has 0 saturated heterocycles. The van der Waals surface area contributed by atoms with E-state index in [-0.39, 0.29) is 16.7 Å². The fraction of sp³-hybridized carbons (Fsp3) is 0.409. The Bertz CT molecular complexity index is 996. The first kappa shape index (κ1) is 19.2. The molecule has 1 saturated carbocycles. The number of carbonyl (C=O) groups excluding carboxylic acids is 1. The van der Waals surface area contributed by atoms with E-state index in [4.69, 9.17) is 0 Å². The molecular weight excluding hydrogens is 372 g/mol. The number of hydrogen-bond donors (Lipinski definition) is 1. The van der Waals surface area contributed by atoms with E-state index >= 15 is 0 Å². The number of rotatable bonds is 6. The second-order valence-electron chi connectivity index (χ2n) is 8.46. The van der Waals surface area contributed by atoms with Crippen molar-refractivity contribution in [2.45, 2.75) is 50.0 Å². The number of fused-ring (bicyclic) bond motifs is 1. The Balaban J connectivity index is 1.52. The number of sulfonamides is 1. The molecule has 148 valence electrons. The number of carbonyl (C=O) groups is 1. The lowest BCUT2D eigenvalue weighted by Gasteiger charge is -2.26. The van der Waals surface area contributed by atoms with Crippen LogP contribution in [0.2, 0.25) is 0 Å². The van der Waals surface area contributed by atoms with Gasteiger partial charge in [-0.2, -0.15) is 0 Å². The van der Waals surface area contributed by atoms with E-state index in [2.05, 4.69) is 4.72 Å². The van der Waals surface area contributed by atoms with Crippen molar-refractivity contribution >= 4 is 21.6 Å². The van der Waals surface area contributed by atoms with Crippen molar-refractivity contribution in [3.05, 3.63) is 59.7 Å². The van der Waals surface area contributed by atoms with Gasteiger partial charge in [-0.3, -0.25) is 4.79 Å². The zero-order chi connectivity index (χ0) is 19.9. The van der Waals surface area contributed by atoms with Crippen molar-refractivity contribution in [3.8, 4) is 0 Å². The summed E-state index contributed by atoms with van der Waals surface area (Å²) in [5.41, 5.74) is 2.25. The third-order valence-electron chi connectivity index (χ3n) is 5.35. The quantitative estimate of drug-likeness (QED) is 0.812. The predicted molar refractivity (Wildman–Crippen MR) is 110 cm³/mol. The molecule has 2 aromatic carbocycles. The summed E-state index contributed by atoms with van der Waals surface area (Å²) < 4.78 is 28.8. The molecule has 1 heterocycles. The van der Waals surface area contributed by atoms with Gasteiger partial charge in [0.05, 0.1) is 4.90 Å². The molecular formula is C22H26N2O3S. The van der Waals surface area contributed by atoms with Crippen molar-refractivity contribution in [1.82, 2.24) is 4.72 Å². The van der Waals surface area contributed by atoms with E-state index in [1.807, 2.05) is 49.1 Å². The molecule has 0 unspecified atom stereocenters. The van der Waals surface area contributed by atoms with Crippen LogP contribution < -0.4 is 9.62 Å². The molecule has 0 atom stereocenters. The van der Waals surface area contributed by atoms with Crippen molar-refractivity contribution in [3.63, 3.8) is 0 Å². The topological polar surface area (TPSA) is 66.5 Å². The molecule has 1 N–H and O–H groups in total. The minimum absolute atomic E-state index is 0.162. The highest BCUT2D eigenvalue weighted by molar-refractivity contribution is 7.89. The Labute approximate surface area is 166 Å². The molecule has 1 amide bonds. The Kier molecular flexibility index (Phi) is 4.79. The van der Waals surface area contributed by atoms with Crippen molar-refractivity contribution in [1.29, 1.82) is 0 Å². The average molecular weight is 399 g/mol. The second-order valence-corrected chi connectivity index (χ2v) is 10.1. The normalized spacial score (nSPS) is 16.9. The Morgan fingerprint density at radius 3 is 2.54 bits per heavy atom. The third-order valence-corrected chi connectivity index (χ3v) is 7.04. The van der Waals surface area contributed by atoms with E-state index < -0.39 is 15.6 Å². The molecule has 6 heteroatoms. The zero-order valence-electron chi connectivity index (χ0n) is 16.3. The summed E-state index contributed by atoms with van der Waals surface area (Å²) in [6, 6.07) is 15.0. The predicted octanol–water partition coefficient (Wildman–Crippen LogP) is 3.29. The first-order valence-corrected chi connectivity index (χ1v) is 11.3. The second kappa shape index (κ2) is 7.01. The largest absolute Gasteiger partial charge is 0.312 e. The lowest BCUT2D eigenvalue weighted by atomic mass is 9.96. The van der Waals surface area contributed by atoms with E-state index in [0.29, 0.717) is 19.4 Å². The van der Waals surface area contributed by atoms with E-state index in [0.717, 1.165) is 29.7 Å². The van der Waals surface area contributed by atoms with Crippen LogP contribution in [0.15, 0.2) is 53.4 Å². The summed E-state index contributed by atoms with van der Waals surface area (Å²) in [5.74, 6) is 0.339. The van der Waals surface area contributed by atoms with Crippen LogP contribution in [0, 0.1) is 5.92 Å². The van der Waals surface area contributed by atoms with Gasteiger partial charge in [0, 0.05) is 23.7 Å². The summed E-state index contributed by atoms with van der Waals surface area (Å²) in [7, 11) is -3.65. The Morgan fingerprint density at radius 2 is 1.86 bits per heavy atom. The van der Waals surface area contributed by atoms with Crippen LogP contribution in [0.25, 0.3) is 0 Å². The van der Waals surface area contributed by atoms with Gasteiger partial charge in [0.2, 0.25) is 15.9 Å². The highest BCUT2D eigenvalue weighted by Crippen LogP contribution is 2.37. The smallest absolute Gasteiger partial charge is 0.241 e. The number of nitrogens with zero attached hydrogens (tertiary/aromatic N) is 1. The van der Waals surface area contributed by atoms with Crippen LogP contribution in [0.3, 0.4) is 0 Å². The molecule has 1 aliphatic heterocycles. The number of nitrogens with one attached hydrogen (secondary N) is 1. The first-order chi connectivity index (χ1) is 13.3. The number of anilines is 1. The molecule has 0 radical (unpaired) electrons. The van der Waals surface area contributed by atoms with Gasteiger partial charge < -0.3 is 4.90 Å². The van der Waals surface area contributed by atoms with Crippen molar-refractivity contribution in [2.24, 2.45) is 5.92 Å². The third kappa shape index (κ3) is 3.98. The first-order valence-electron chi connectivity index (χ1n) is 9.77. The van der Waals surface area contributed by atoms with E-state index in [9.17, 15) is 13.2 Å². The lowest BCUT2D eigenvalue weighted by Crippen LogP contribution is -2.45. The van der Waals surface area contributed by atoms with E-state index in [1.165, 1.54) is 0 Å². The molecule has 1 aliphatic carbocycles. The maximum atomic E-state index is 13.0.